The largest absolute Gasteiger partial charge is 0.416 e. The molecule has 2 rings (SSSR count). The summed E-state index contributed by atoms with van der Waals surface area (Å²) in [5.74, 6) is -0.537. The molecule has 0 aliphatic rings. The fraction of sp³-hybridized carbons (Fsp3) is 0.167. The smallest absolute Gasteiger partial charge is 0.347 e. The second-order valence-corrected chi connectivity index (χ2v) is 4.38. The molecule has 0 aliphatic heterocycles. The third-order valence-corrected chi connectivity index (χ3v) is 2.81. The number of rotatable bonds is 3. The molecule has 2 aromatic rings. The van der Waals surface area contributed by atoms with Gasteiger partial charge in [-0.2, -0.15) is 18.3 Å². The molecule has 8 heteroatoms. The normalized spacial score (nSPS) is 11.4. The summed E-state index contributed by atoms with van der Waals surface area (Å²) < 4.78 is 37.6. The summed E-state index contributed by atoms with van der Waals surface area (Å²) in [6.07, 6.45) is -3.15. The molecule has 0 atom stereocenters. The highest BCUT2D eigenvalue weighted by Gasteiger charge is 2.30. The van der Waals surface area contributed by atoms with Crippen LogP contribution in [-0.2, 0) is 12.7 Å². The molecule has 1 heterocycles. The van der Waals surface area contributed by atoms with Crippen LogP contribution in [0, 0.1) is 0 Å². The Bertz CT molecular complexity index is 624. The Kier molecular flexibility index (Phi) is 3.99. The van der Waals surface area contributed by atoms with Gasteiger partial charge in [0.1, 0.15) is 5.69 Å². The first-order valence-corrected chi connectivity index (χ1v) is 5.89. The number of aromatic nitrogens is 2. The van der Waals surface area contributed by atoms with Crippen molar-refractivity contribution in [2.24, 2.45) is 0 Å². The van der Waals surface area contributed by atoms with E-state index in [1.54, 1.807) is 0 Å². The summed E-state index contributed by atoms with van der Waals surface area (Å²) in [6, 6.07) is 4.73. The van der Waals surface area contributed by atoms with Crippen LogP contribution in [0.4, 0.5) is 13.2 Å². The van der Waals surface area contributed by atoms with Crippen LogP contribution < -0.4 is 5.32 Å². The van der Waals surface area contributed by atoms with E-state index >= 15 is 0 Å². The summed E-state index contributed by atoms with van der Waals surface area (Å²) in [5.41, 5.74) is -0.355. The van der Waals surface area contributed by atoms with Crippen molar-refractivity contribution < 1.29 is 18.0 Å². The number of amides is 1. The van der Waals surface area contributed by atoms with Gasteiger partial charge in [-0.05, 0) is 17.7 Å². The van der Waals surface area contributed by atoms with Gasteiger partial charge in [-0.25, -0.2) is 0 Å². The first kappa shape index (κ1) is 14.4. The Labute approximate surface area is 116 Å². The summed E-state index contributed by atoms with van der Waals surface area (Å²) in [4.78, 5) is 11.7. The number of carbonyl (C=O) groups excluding carboxylic acids is 1. The number of aromatic amines is 1. The molecule has 0 spiro atoms. The predicted octanol–water partition coefficient (Wildman–Crippen LogP) is 3.01. The van der Waals surface area contributed by atoms with Gasteiger partial charge in [0.2, 0.25) is 0 Å². The molecule has 0 unspecified atom stereocenters. The van der Waals surface area contributed by atoms with Crippen LogP contribution in [0.2, 0.25) is 5.02 Å². The molecular weight excluding hydrogens is 295 g/mol. The first-order valence-electron chi connectivity index (χ1n) is 5.51. The Morgan fingerprint density at radius 2 is 2.15 bits per heavy atom. The van der Waals surface area contributed by atoms with E-state index in [9.17, 15) is 18.0 Å². The highest BCUT2D eigenvalue weighted by molar-refractivity contribution is 6.33. The second-order valence-electron chi connectivity index (χ2n) is 3.97. The van der Waals surface area contributed by atoms with Gasteiger partial charge in [0.15, 0.2) is 0 Å². The molecular formula is C12H9ClF3N3O. The summed E-state index contributed by atoms with van der Waals surface area (Å²) in [5, 5.41) is 8.58. The number of nitrogens with one attached hydrogen (secondary N) is 2. The zero-order valence-corrected chi connectivity index (χ0v) is 10.7. The number of nitrogens with zero attached hydrogens (tertiary/aromatic N) is 1. The quantitative estimate of drug-likeness (QED) is 0.915. The van der Waals surface area contributed by atoms with E-state index in [1.165, 1.54) is 18.3 Å². The zero-order valence-electron chi connectivity index (χ0n) is 9.96. The van der Waals surface area contributed by atoms with Gasteiger partial charge in [0, 0.05) is 6.54 Å². The van der Waals surface area contributed by atoms with Crippen molar-refractivity contribution in [3.8, 4) is 0 Å². The molecule has 1 aromatic heterocycles. The third-order valence-electron chi connectivity index (χ3n) is 2.53. The Morgan fingerprint density at radius 1 is 1.40 bits per heavy atom. The summed E-state index contributed by atoms with van der Waals surface area (Å²) >= 11 is 5.70. The van der Waals surface area contributed by atoms with Crippen LogP contribution in [0.15, 0.2) is 30.5 Å². The number of hydrogen-bond donors (Lipinski definition) is 2. The standard InChI is InChI=1S/C12H9ClF3N3O/c13-9-6-18-19-10(9)11(20)17-5-7-2-1-3-8(4-7)12(14,15)16/h1-4,6H,5H2,(H,17,20)(H,18,19). The molecule has 2 N–H and O–H groups in total. The Morgan fingerprint density at radius 3 is 2.75 bits per heavy atom. The molecule has 4 nitrogen and oxygen atoms in total. The lowest BCUT2D eigenvalue weighted by Crippen LogP contribution is -2.23. The monoisotopic (exact) mass is 303 g/mol. The molecule has 106 valence electrons. The van der Waals surface area contributed by atoms with Crippen LogP contribution in [0.3, 0.4) is 0 Å². The average molecular weight is 304 g/mol. The van der Waals surface area contributed by atoms with E-state index in [-0.39, 0.29) is 17.3 Å². The van der Waals surface area contributed by atoms with E-state index in [2.05, 4.69) is 15.5 Å². The van der Waals surface area contributed by atoms with Crippen molar-refractivity contribution in [1.82, 2.24) is 15.5 Å². The maximum atomic E-state index is 12.5. The minimum atomic E-state index is -4.41. The first-order chi connectivity index (χ1) is 9.38. The number of alkyl halides is 3. The van der Waals surface area contributed by atoms with Gasteiger partial charge in [-0.3, -0.25) is 9.89 Å². The van der Waals surface area contributed by atoms with Crippen molar-refractivity contribution in [3.05, 3.63) is 52.3 Å². The SMILES string of the molecule is O=C(NCc1cccc(C(F)(F)F)c1)c1[nH]ncc1Cl. The van der Waals surface area contributed by atoms with Crippen molar-refractivity contribution in [2.45, 2.75) is 12.7 Å². The van der Waals surface area contributed by atoms with Crippen molar-refractivity contribution in [3.63, 3.8) is 0 Å². The van der Waals surface area contributed by atoms with Gasteiger partial charge in [0.25, 0.3) is 5.91 Å². The van der Waals surface area contributed by atoms with Gasteiger partial charge in [0.05, 0.1) is 16.8 Å². The molecule has 0 bridgehead atoms. The van der Waals surface area contributed by atoms with Crippen molar-refractivity contribution in [1.29, 1.82) is 0 Å². The van der Waals surface area contributed by atoms with Gasteiger partial charge in [-0.15, -0.1) is 0 Å². The lowest BCUT2D eigenvalue weighted by atomic mass is 10.1. The second kappa shape index (κ2) is 5.54. The predicted molar refractivity (Wildman–Crippen MR) is 66.2 cm³/mol. The highest BCUT2D eigenvalue weighted by Crippen LogP contribution is 2.29. The topological polar surface area (TPSA) is 57.8 Å². The minimum Gasteiger partial charge on any atom is -0.347 e. The molecule has 20 heavy (non-hydrogen) atoms. The number of carbonyl (C=O) groups is 1. The van der Waals surface area contributed by atoms with E-state index in [0.29, 0.717) is 5.56 Å². The molecule has 0 fully saturated rings. The van der Waals surface area contributed by atoms with E-state index < -0.39 is 17.6 Å². The minimum absolute atomic E-state index is 0.0435. The maximum absolute atomic E-state index is 12.5. The van der Waals surface area contributed by atoms with E-state index in [0.717, 1.165) is 12.1 Å². The number of benzene rings is 1. The van der Waals surface area contributed by atoms with Crippen LogP contribution in [0.1, 0.15) is 21.6 Å². The molecule has 0 saturated heterocycles. The van der Waals surface area contributed by atoms with Crippen molar-refractivity contribution >= 4 is 17.5 Å². The average Bonchev–Trinajstić information content (AvgIpc) is 2.82. The number of halogens is 4. The fourth-order valence-electron chi connectivity index (χ4n) is 1.56. The third kappa shape index (κ3) is 3.30. The van der Waals surface area contributed by atoms with E-state index in [1.807, 2.05) is 0 Å². The molecule has 1 amide bonds. The maximum Gasteiger partial charge on any atom is 0.416 e. The van der Waals surface area contributed by atoms with Crippen LogP contribution >= 0.6 is 11.6 Å². The number of hydrogen-bond acceptors (Lipinski definition) is 2. The molecule has 1 aromatic carbocycles. The number of H-pyrrole nitrogens is 1. The Balaban J connectivity index is 2.05. The van der Waals surface area contributed by atoms with Gasteiger partial charge >= 0.3 is 6.18 Å². The molecule has 0 saturated carbocycles. The van der Waals surface area contributed by atoms with Gasteiger partial charge < -0.3 is 5.32 Å². The van der Waals surface area contributed by atoms with Gasteiger partial charge in [-0.1, -0.05) is 23.7 Å². The molecule has 0 radical (unpaired) electrons. The highest BCUT2D eigenvalue weighted by atomic mass is 35.5. The van der Waals surface area contributed by atoms with Crippen LogP contribution in [0.5, 0.6) is 0 Å². The van der Waals surface area contributed by atoms with E-state index in [4.69, 9.17) is 11.6 Å². The fourth-order valence-corrected chi connectivity index (χ4v) is 1.74. The molecule has 0 aliphatic carbocycles. The van der Waals surface area contributed by atoms with Crippen LogP contribution in [0.25, 0.3) is 0 Å². The Hall–Kier alpha value is -2.02. The summed E-state index contributed by atoms with van der Waals surface area (Å²) in [6.45, 7) is -0.0435. The zero-order chi connectivity index (χ0) is 14.8. The lowest BCUT2D eigenvalue weighted by Gasteiger charge is -2.09. The summed E-state index contributed by atoms with van der Waals surface area (Å²) in [7, 11) is 0. The van der Waals surface area contributed by atoms with Crippen LogP contribution in [-0.4, -0.2) is 16.1 Å². The van der Waals surface area contributed by atoms with Crippen molar-refractivity contribution in [2.75, 3.05) is 0 Å². The lowest BCUT2D eigenvalue weighted by molar-refractivity contribution is -0.137.